The molecule has 0 rings (SSSR count). The van der Waals surface area contributed by atoms with E-state index < -0.39 is 0 Å². The van der Waals surface area contributed by atoms with Gasteiger partial charge in [0.25, 0.3) is 0 Å². The third-order valence-electron chi connectivity index (χ3n) is 3.71. The molecule has 4 heteroatoms. The van der Waals surface area contributed by atoms with Gasteiger partial charge in [-0.05, 0) is 25.7 Å². The van der Waals surface area contributed by atoms with Crippen LogP contribution in [0.3, 0.4) is 0 Å². The molecule has 4 nitrogen and oxygen atoms in total. The average molecular weight is 333 g/mol. The molecule has 0 aliphatic heterocycles. The third-order valence-corrected chi connectivity index (χ3v) is 3.71. The molecule has 0 aromatic heterocycles. The summed E-state index contributed by atoms with van der Waals surface area (Å²) in [6.45, 7) is 12.9. The van der Waals surface area contributed by atoms with E-state index in [-0.39, 0.29) is 12.2 Å². The molecule has 0 radical (unpaired) electrons. The van der Waals surface area contributed by atoms with Gasteiger partial charge in [0, 0.05) is 19.8 Å². The quantitative estimate of drug-likeness (QED) is 0.344. The van der Waals surface area contributed by atoms with Gasteiger partial charge in [0.2, 0.25) is 0 Å². The smallest absolute Gasteiger partial charge is 0.104 e. The van der Waals surface area contributed by atoms with Gasteiger partial charge in [0.15, 0.2) is 0 Å². The minimum atomic E-state index is 0.0338. The summed E-state index contributed by atoms with van der Waals surface area (Å²) < 4.78 is 23.2. The van der Waals surface area contributed by atoms with E-state index in [1.807, 2.05) is 0 Å². The van der Waals surface area contributed by atoms with Gasteiger partial charge in [-0.3, -0.25) is 0 Å². The number of unbranched alkanes of at least 4 members (excludes halogenated alkanes) is 3. The molecule has 0 fully saturated rings. The zero-order valence-corrected chi connectivity index (χ0v) is 16.0. The van der Waals surface area contributed by atoms with Gasteiger partial charge in [-0.2, -0.15) is 0 Å². The Morgan fingerprint density at radius 2 is 1.04 bits per heavy atom. The van der Waals surface area contributed by atoms with Crippen molar-refractivity contribution < 1.29 is 18.9 Å². The first-order chi connectivity index (χ1) is 11.3. The maximum Gasteiger partial charge on any atom is 0.104 e. The highest BCUT2D eigenvalue weighted by molar-refractivity contribution is 4.59. The summed E-state index contributed by atoms with van der Waals surface area (Å²) in [5, 5.41) is 0. The van der Waals surface area contributed by atoms with Crippen molar-refractivity contribution in [3.8, 4) is 0 Å². The molecule has 140 valence electrons. The van der Waals surface area contributed by atoms with Crippen LogP contribution >= 0.6 is 0 Å². The molecule has 0 aliphatic carbocycles. The largest absolute Gasteiger partial charge is 0.379 e. The van der Waals surface area contributed by atoms with Crippen molar-refractivity contribution >= 4 is 0 Å². The van der Waals surface area contributed by atoms with Crippen molar-refractivity contribution in [1.29, 1.82) is 0 Å². The van der Waals surface area contributed by atoms with Gasteiger partial charge in [-0.15, -0.1) is 0 Å². The molecule has 0 spiro atoms. The summed E-state index contributed by atoms with van der Waals surface area (Å²) >= 11 is 0. The maximum absolute atomic E-state index is 5.89. The van der Waals surface area contributed by atoms with Crippen molar-refractivity contribution in [3.63, 3.8) is 0 Å². The van der Waals surface area contributed by atoms with Crippen LogP contribution in [0.4, 0.5) is 0 Å². The molecule has 2 atom stereocenters. The molecule has 2 unspecified atom stereocenters. The summed E-state index contributed by atoms with van der Waals surface area (Å²) in [6, 6.07) is 0. The SMILES string of the molecule is CCCCOCC(COCC(CC)OCCCC)OCCCC. The zero-order chi connectivity index (χ0) is 17.2. The van der Waals surface area contributed by atoms with Crippen LogP contribution < -0.4 is 0 Å². The standard InChI is InChI=1S/C19H40O4/c1-5-9-12-20-16-19(23-14-11-7-3)17-21-15-18(8-4)22-13-10-6-2/h18-19H,5-17H2,1-4H3. The van der Waals surface area contributed by atoms with E-state index >= 15 is 0 Å². The lowest BCUT2D eigenvalue weighted by Gasteiger charge is -2.21. The Balaban J connectivity index is 3.93. The molecule has 0 saturated carbocycles. The molecule has 0 amide bonds. The Kier molecular flexibility index (Phi) is 18.1. The minimum absolute atomic E-state index is 0.0338. The number of ether oxygens (including phenoxy) is 4. The second-order valence-corrected chi connectivity index (χ2v) is 6.07. The molecule has 0 aliphatic rings. The van der Waals surface area contributed by atoms with E-state index in [9.17, 15) is 0 Å². The normalized spacial score (nSPS) is 14.1. The fourth-order valence-electron chi connectivity index (χ4n) is 2.01. The van der Waals surface area contributed by atoms with E-state index in [1.54, 1.807) is 0 Å². The molecule has 0 bridgehead atoms. The average Bonchev–Trinajstić information content (AvgIpc) is 2.57. The highest BCUT2D eigenvalue weighted by Gasteiger charge is 2.12. The van der Waals surface area contributed by atoms with Crippen molar-refractivity contribution in [3.05, 3.63) is 0 Å². The van der Waals surface area contributed by atoms with Crippen LogP contribution in [0.5, 0.6) is 0 Å². The maximum atomic E-state index is 5.89. The van der Waals surface area contributed by atoms with E-state index in [1.165, 1.54) is 6.42 Å². The lowest BCUT2D eigenvalue weighted by molar-refractivity contribution is -0.0821. The highest BCUT2D eigenvalue weighted by Crippen LogP contribution is 2.04. The summed E-state index contributed by atoms with van der Waals surface area (Å²) in [6.07, 6.45) is 7.99. The molecular formula is C19H40O4. The topological polar surface area (TPSA) is 36.9 Å². The lowest BCUT2D eigenvalue weighted by atomic mass is 10.3. The van der Waals surface area contributed by atoms with Gasteiger partial charge in [0.1, 0.15) is 6.10 Å². The fourth-order valence-corrected chi connectivity index (χ4v) is 2.01. The van der Waals surface area contributed by atoms with Gasteiger partial charge in [0.05, 0.1) is 25.9 Å². The monoisotopic (exact) mass is 332 g/mol. The van der Waals surface area contributed by atoms with E-state index in [2.05, 4.69) is 27.7 Å². The van der Waals surface area contributed by atoms with Crippen molar-refractivity contribution in [2.24, 2.45) is 0 Å². The third kappa shape index (κ3) is 15.1. The number of hydrogen-bond donors (Lipinski definition) is 0. The van der Waals surface area contributed by atoms with Gasteiger partial charge >= 0.3 is 0 Å². The van der Waals surface area contributed by atoms with Crippen LogP contribution in [-0.4, -0.2) is 51.8 Å². The lowest BCUT2D eigenvalue weighted by Crippen LogP contribution is -2.29. The van der Waals surface area contributed by atoms with Crippen LogP contribution in [0.1, 0.15) is 72.6 Å². The van der Waals surface area contributed by atoms with Crippen LogP contribution in [0, 0.1) is 0 Å². The zero-order valence-electron chi connectivity index (χ0n) is 16.0. The summed E-state index contributed by atoms with van der Waals surface area (Å²) in [5.74, 6) is 0. The predicted molar refractivity (Wildman–Crippen MR) is 96.1 cm³/mol. The number of rotatable bonds is 18. The highest BCUT2D eigenvalue weighted by atomic mass is 16.6. The first-order valence-electron chi connectivity index (χ1n) is 9.66. The molecule has 0 aromatic rings. The first-order valence-corrected chi connectivity index (χ1v) is 9.66. The van der Waals surface area contributed by atoms with Crippen LogP contribution in [0.15, 0.2) is 0 Å². The minimum Gasteiger partial charge on any atom is -0.379 e. The molecular weight excluding hydrogens is 292 g/mol. The molecule has 0 saturated heterocycles. The Bertz CT molecular complexity index is 223. The number of hydrogen-bond acceptors (Lipinski definition) is 4. The van der Waals surface area contributed by atoms with Gasteiger partial charge in [-0.1, -0.05) is 47.0 Å². The van der Waals surface area contributed by atoms with E-state index in [0.717, 1.165) is 58.3 Å². The van der Waals surface area contributed by atoms with Crippen molar-refractivity contribution in [2.45, 2.75) is 84.8 Å². The first kappa shape index (κ1) is 22.8. The second kappa shape index (κ2) is 18.2. The molecule has 23 heavy (non-hydrogen) atoms. The van der Waals surface area contributed by atoms with Crippen LogP contribution in [-0.2, 0) is 18.9 Å². The molecule has 0 heterocycles. The fraction of sp³-hybridized carbons (Fsp3) is 1.00. The van der Waals surface area contributed by atoms with Crippen LogP contribution in [0.2, 0.25) is 0 Å². The predicted octanol–water partition coefficient (Wildman–Crippen LogP) is 4.60. The Labute approximate surface area is 144 Å². The van der Waals surface area contributed by atoms with Gasteiger partial charge < -0.3 is 18.9 Å². The van der Waals surface area contributed by atoms with Crippen molar-refractivity contribution in [2.75, 3.05) is 39.6 Å². The Hall–Kier alpha value is -0.160. The summed E-state index contributed by atoms with van der Waals surface area (Å²) in [7, 11) is 0. The summed E-state index contributed by atoms with van der Waals surface area (Å²) in [4.78, 5) is 0. The van der Waals surface area contributed by atoms with Crippen LogP contribution in [0.25, 0.3) is 0 Å². The summed E-state index contributed by atoms with van der Waals surface area (Å²) in [5.41, 5.74) is 0. The Morgan fingerprint density at radius 3 is 1.61 bits per heavy atom. The molecule has 0 N–H and O–H groups in total. The Morgan fingerprint density at radius 1 is 0.565 bits per heavy atom. The molecule has 0 aromatic carbocycles. The van der Waals surface area contributed by atoms with E-state index in [0.29, 0.717) is 19.8 Å². The van der Waals surface area contributed by atoms with Gasteiger partial charge in [-0.25, -0.2) is 0 Å². The van der Waals surface area contributed by atoms with Crippen molar-refractivity contribution in [1.82, 2.24) is 0 Å². The van der Waals surface area contributed by atoms with E-state index in [4.69, 9.17) is 18.9 Å². The second-order valence-electron chi connectivity index (χ2n) is 6.07.